The summed E-state index contributed by atoms with van der Waals surface area (Å²) in [4.78, 5) is 18.2. The third-order valence-corrected chi connectivity index (χ3v) is 5.42. The predicted molar refractivity (Wildman–Crippen MR) is 95.6 cm³/mol. The summed E-state index contributed by atoms with van der Waals surface area (Å²) in [6.07, 6.45) is -1.71. The molecule has 1 unspecified atom stereocenters. The van der Waals surface area contributed by atoms with Crippen LogP contribution in [0.25, 0.3) is 16.2 Å². The molecule has 1 fully saturated rings. The lowest BCUT2D eigenvalue weighted by Gasteiger charge is -2.29. The van der Waals surface area contributed by atoms with E-state index in [0.29, 0.717) is 34.3 Å². The minimum Gasteiger partial charge on any atom is -0.481 e. The van der Waals surface area contributed by atoms with Gasteiger partial charge < -0.3 is 14.7 Å². The van der Waals surface area contributed by atoms with E-state index in [0.717, 1.165) is 13.0 Å². The molecule has 3 heterocycles. The Morgan fingerprint density at radius 3 is 2.89 bits per heavy atom. The van der Waals surface area contributed by atoms with Gasteiger partial charge in [0, 0.05) is 18.7 Å². The van der Waals surface area contributed by atoms with Gasteiger partial charge in [0.15, 0.2) is 0 Å². The molecule has 28 heavy (non-hydrogen) atoms. The number of fused-ring (bicyclic) bond motifs is 1. The lowest BCUT2D eigenvalue weighted by Crippen LogP contribution is -2.38. The van der Waals surface area contributed by atoms with Crippen molar-refractivity contribution in [1.82, 2.24) is 14.6 Å². The average molecular weight is 412 g/mol. The molecule has 4 rings (SSSR count). The van der Waals surface area contributed by atoms with E-state index in [4.69, 9.17) is 0 Å². The fourth-order valence-corrected chi connectivity index (χ4v) is 4.08. The summed E-state index contributed by atoms with van der Waals surface area (Å²) in [6, 6.07) is 5.59. The lowest BCUT2D eigenvalue weighted by molar-refractivity contribution is -0.274. The van der Waals surface area contributed by atoms with Crippen molar-refractivity contribution < 1.29 is 27.8 Å². The molecule has 0 amide bonds. The molecular weight excluding hydrogens is 397 g/mol. The molecule has 1 N–H and O–H groups in total. The maximum Gasteiger partial charge on any atom is 0.573 e. The van der Waals surface area contributed by atoms with Gasteiger partial charge in [-0.15, -0.1) is 18.3 Å². The Kier molecular flexibility index (Phi) is 4.61. The molecule has 1 aliphatic heterocycles. The molecule has 1 saturated heterocycles. The van der Waals surface area contributed by atoms with Crippen molar-refractivity contribution in [2.75, 3.05) is 18.0 Å². The zero-order valence-electron chi connectivity index (χ0n) is 14.4. The number of anilines is 1. The maximum absolute atomic E-state index is 12.4. The Hall–Kier alpha value is -2.82. The number of hydrogen-bond donors (Lipinski definition) is 1. The normalized spacial score (nSPS) is 17.8. The SMILES string of the molecule is O=C(O)C1CCCN(c2nn3cc(-c4cccc(OC(F)(F)F)c4)nc3s2)C1. The van der Waals surface area contributed by atoms with Crippen molar-refractivity contribution in [2.24, 2.45) is 5.92 Å². The van der Waals surface area contributed by atoms with Gasteiger partial charge in [0.25, 0.3) is 0 Å². The highest BCUT2D eigenvalue weighted by molar-refractivity contribution is 7.20. The van der Waals surface area contributed by atoms with E-state index >= 15 is 0 Å². The van der Waals surface area contributed by atoms with Crippen LogP contribution in [0.15, 0.2) is 30.5 Å². The van der Waals surface area contributed by atoms with Gasteiger partial charge in [0.2, 0.25) is 10.1 Å². The van der Waals surface area contributed by atoms with Gasteiger partial charge in [-0.3, -0.25) is 4.79 Å². The average Bonchev–Trinajstić information content (AvgIpc) is 3.19. The standard InChI is InChI=1S/C17H15F3N4O3S/c18-17(19,20)27-12-5-1-3-10(7-12)13-9-24-15(21-13)28-16(22-24)23-6-2-4-11(8-23)14(25)26/h1,3,5,7,9,11H,2,4,6,8H2,(H,25,26). The Morgan fingerprint density at radius 1 is 1.36 bits per heavy atom. The van der Waals surface area contributed by atoms with Crippen LogP contribution in [0.4, 0.5) is 18.3 Å². The second kappa shape index (κ2) is 6.97. The van der Waals surface area contributed by atoms with Crippen molar-refractivity contribution in [3.8, 4) is 17.0 Å². The van der Waals surface area contributed by atoms with Crippen molar-refractivity contribution in [3.63, 3.8) is 0 Å². The highest BCUT2D eigenvalue weighted by Gasteiger charge is 2.31. The summed E-state index contributed by atoms with van der Waals surface area (Å²) in [5.41, 5.74) is 0.949. The molecule has 3 aromatic rings. The van der Waals surface area contributed by atoms with Crippen LogP contribution in [-0.4, -0.2) is 45.1 Å². The Balaban J connectivity index is 1.56. The molecule has 0 radical (unpaired) electrons. The molecule has 148 valence electrons. The molecule has 11 heteroatoms. The quantitative estimate of drug-likeness (QED) is 0.705. The van der Waals surface area contributed by atoms with Gasteiger partial charge in [-0.05, 0) is 25.0 Å². The second-order valence-electron chi connectivity index (χ2n) is 6.44. The number of ether oxygens (including phenoxy) is 1. The van der Waals surface area contributed by atoms with Crippen molar-refractivity contribution in [3.05, 3.63) is 30.5 Å². The molecule has 1 aliphatic rings. The second-order valence-corrected chi connectivity index (χ2v) is 7.37. The lowest BCUT2D eigenvalue weighted by atomic mass is 9.99. The van der Waals surface area contributed by atoms with Crippen LogP contribution in [0.3, 0.4) is 0 Å². The smallest absolute Gasteiger partial charge is 0.481 e. The van der Waals surface area contributed by atoms with Crippen molar-refractivity contribution in [2.45, 2.75) is 19.2 Å². The third-order valence-electron chi connectivity index (χ3n) is 4.44. The molecule has 0 saturated carbocycles. The number of nitrogens with zero attached hydrogens (tertiary/aromatic N) is 4. The van der Waals surface area contributed by atoms with Gasteiger partial charge >= 0.3 is 12.3 Å². The number of aliphatic carboxylic acids is 1. The Bertz CT molecular complexity index is 985. The summed E-state index contributed by atoms with van der Waals surface area (Å²) in [7, 11) is 0. The highest BCUT2D eigenvalue weighted by atomic mass is 32.1. The number of benzene rings is 1. The minimum absolute atomic E-state index is 0.317. The number of imidazole rings is 1. The van der Waals surface area contributed by atoms with Gasteiger partial charge in [-0.25, -0.2) is 9.50 Å². The molecule has 7 nitrogen and oxygen atoms in total. The summed E-state index contributed by atoms with van der Waals surface area (Å²) in [6.45, 7) is 1.12. The zero-order valence-corrected chi connectivity index (χ0v) is 15.2. The maximum atomic E-state index is 12.4. The number of rotatable bonds is 4. The first-order valence-corrected chi connectivity index (χ1v) is 9.30. The monoisotopic (exact) mass is 412 g/mol. The molecule has 0 spiro atoms. The summed E-state index contributed by atoms with van der Waals surface area (Å²) in [5.74, 6) is -1.55. The van der Waals surface area contributed by atoms with Gasteiger partial charge in [0.05, 0.1) is 17.8 Å². The van der Waals surface area contributed by atoms with Crippen molar-refractivity contribution >= 4 is 27.4 Å². The number of aromatic nitrogens is 3. The predicted octanol–water partition coefficient (Wildman–Crippen LogP) is 3.66. The van der Waals surface area contributed by atoms with Gasteiger partial charge in [-0.2, -0.15) is 0 Å². The highest BCUT2D eigenvalue weighted by Crippen LogP contribution is 2.31. The first kappa shape index (κ1) is 18.5. The van der Waals surface area contributed by atoms with E-state index in [1.165, 1.54) is 29.5 Å². The van der Waals surface area contributed by atoms with E-state index in [1.54, 1.807) is 16.8 Å². The van der Waals surface area contributed by atoms with Crippen LogP contribution in [0.5, 0.6) is 5.75 Å². The largest absolute Gasteiger partial charge is 0.573 e. The van der Waals surface area contributed by atoms with Crippen LogP contribution in [0, 0.1) is 5.92 Å². The summed E-state index contributed by atoms with van der Waals surface area (Å²) < 4.78 is 42.7. The van der Waals surface area contributed by atoms with E-state index in [2.05, 4.69) is 14.8 Å². The number of halogens is 3. The summed E-state index contributed by atoms with van der Waals surface area (Å²) in [5, 5.41) is 14.3. The number of carboxylic acids is 1. The molecule has 0 bridgehead atoms. The number of piperidine rings is 1. The Morgan fingerprint density at radius 2 is 2.18 bits per heavy atom. The first-order chi connectivity index (χ1) is 13.3. The van der Waals surface area contributed by atoms with Crippen molar-refractivity contribution in [1.29, 1.82) is 0 Å². The fraction of sp³-hybridized carbons (Fsp3) is 0.353. The van der Waals surface area contributed by atoms with Gasteiger partial charge in [0.1, 0.15) is 5.75 Å². The van der Waals surface area contributed by atoms with E-state index in [1.807, 2.05) is 4.90 Å². The number of carboxylic acid groups (broad SMARTS) is 1. The van der Waals surface area contributed by atoms with Gasteiger partial charge in [-0.1, -0.05) is 23.5 Å². The van der Waals surface area contributed by atoms with E-state index in [-0.39, 0.29) is 5.75 Å². The number of alkyl halides is 3. The van der Waals surface area contributed by atoms with E-state index in [9.17, 15) is 23.1 Å². The zero-order chi connectivity index (χ0) is 19.9. The van der Waals surface area contributed by atoms with Crippen LogP contribution in [0.1, 0.15) is 12.8 Å². The first-order valence-electron chi connectivity index (χ1n) is 8.49. The molecule has 0 aliphatic carbocycles. The van der Waals surface area contributed by atoms with Crippen LogP contribution < -0.4 is 9.64 Å². The number of carbonyl (C=O) groups is 1. The topological polar surface area (TPSA) is 80.0 Å². The molecule has 2 aromatic heterocycles. The molecule has 1 aromatic carbocycles. The van der Waals surface area contributed by atoms with E-state index < -0.39 is 18.2 Å². The van der Waals surface area contributed by atoms with Crippen LogP contribution in [-0.2, 0) is 4.79 Å². The molecule has 1 atom stereocenters. The fourth-order valence-electron chi connectivity index (χ4n) is 3.16. The van der Waals surface area contributed by atoms with Crippen LogP contribution in [0.2, 0.25) is 0 Å². The summed E-state index contributed by atoms with van der Waals surface area (Å²) >= 11 is 1.31. The van der Waals surface area contributed by atoms with Crippen LogP contribution >= 0.6 is 11.3 Å². The number of hydrogen-bond acceptors (Lipinski definition) is 6. The third kappa shape index (κ3) is 3.88. The Labute approximate surface area is 161 Å². The molecular formula is C17H15F3N4O3S. The minimum atomic E-state index is -4.76.